The van der Waals surface area contributed by atoms with Gasteiger partial charge in [-0.25, -0.2) is 5.26 Å². The summed E-state index contributed by atoms with van der Waals surface area (Å²) < 4.78 is 1.12. The molecule has 23 heavy (non-hydrogen) atoms. The zero-order valence-electron chi connectivity index (χ0n) is 16.4. The Hall–Kier alpha value is -0.330. The highest BCUT2D eigenvalue weighted by Crippen LogP contribution is 2.13. The van der Waals surface area contributed by atoms with Crippen LogP contribution in [0.3, 0.4) is 0 Å². The lowest BCUT2D eigenvalue weighted by atomic mass is 10.0. The smallest absolute Gasteiger partial charge is 0.0780 e. The molecule has 0 N–H and O–H groups in total. The zero-order chi connectivity index (χ0) is 17.8. The summed E-state index contributed by atoms with van der Waals surface area (Å²) in [4.78, 5) is 0. The topological polar surface area (TPSA) is 23.8 Å². The third kappa shape index (κ3) is 30.2. The van der Waals surface area contributed by atoms with Crippen molar-refractivity contribution in [3.05, 3.63) is 0 Å². The molecule has 0 saturated heterocycles. The molecule has 3 heteroatoms. The van der Waals surface area contributed by atoms with Crippen LogP contribution in [-0.2, 0) is 12.6 Å². The summed E-state index contributed by atoms with van der Waals surface area (Å²) in [6.45, 7) is 3.63. The summed E-state index contributed by atoms with van der Waals surface area (Å²) in [6, 6.07) is 0. The van der Waals surface area contributed by atoms with Gasteiger partial charge in [-0.2, -0.15) is 0 Å². The molecule has 0 bridgehead atoms. The lowest BCUT2D eigenvalue weighted by Gasteiger charge is -2.23. The van der Waals surface area contributed by atoms with E-state index in [0.717, 1.165) is 4.48 Å². The van der Waals surface area contributed by atoms with Gasteiger partial charge in [0.15, 0.2) is 0 Å². The van der Waals surface area contributed by atoms with Crippen molar-refractivity contribution < 1.29 is 4.48 Å². The predicted octanol–water partition coefficient (Wildman–Crippen LogP) is 6.19. The largest absolute Gasteiger partial charge is 0.696 e. The van der Waals surface area contributed by atoms with Gasteiger partial charge in [0, 0.05) is 0 Å². The number of hydrogen-bond acceptors (Lipinski definition) is 2. The zero-order valence-corrected chi connectivity index (χ0v) is 17.2. The van der Waals surface area contributed by atoms with Crippen LogP contribution in [0.4, 0.5) is 0 Å². The monoisotopic (exact) mass is 342 g/mol. The second-order valence-corrected chi connectivity index (χ2v) is 7.88. The normalized spacial score (nSPS) is 10.7. The second-order valence-electron chi connectivity index (χ2n) is 7.70. The van der Waals surface area contributed by atoms with Crippen LogP contribution in [0.15, 0.2) is 0 Å². The van der Waals surface area contributed by atoms with Crippen molar-refractivity contribution in [2.45, 2.75) is 96.8 Å². The number of rotatable bonds is 15. The fraction of sp³-hybridized carbons (Fsp3) is 0.950. The fourth-order valence-corrected chi connectivity index (χ4v) is 2.78. The first-order valence-corrected chi connectivity index (χ1v) is 10.2. The number of nitrogens with zero attached hydrogens (tertiary/aromatic N) is 2. The minimum Gasteiger partial charge on any atom is -0.696 e. The highest BCUT2D eigenvalue weighted by atomic mass is 32.1. The van der Waals surface area contributed by atoms with Gasteiger partial charge < -0.3 is 17.1 Å². The van der Waals surface area contributed by atoms with E-state index in [1.165, 1.54) is 102 Å². The third-order valence-electron chi connectivity index (χ3n) is 4.18. The van der Waals surface area contributed by atoms with Gasteiger partial charge in [0.05, 0.1) is 27.7 Å². The Bertz CT molecular complexity index is 253. The molecule has 0 fully saturated rings. The maximum absolute atomic E-state index is 7.13. The Kier molecular flexibility index (Phi) is 21.4. The van der Waals surface area contributed by atoms with E-state index in [2.05, 4.69) is 40.7 Å². The number of unbranched alkanes of at least 4 members (excludes halogenated alkanes) is 13. The van der Waals surface area contributed by atoms with Crippen molar-refractivity contribution in [2.24, 2.45) is 0 Å². The first-order chi connectivity index (χ1) is 11.0. The summed E-state index contributed by atoms with van der Waals surface area (Å²) >= 11 is 3.70. The number of quaternary nitrogens is 1. The maximum atomic E-state index is 7.13. The van der Waals surface area contributed by atoms with E-state index in [1.54, 1.807) is 0 Å². The molecule has 0 unspecified atom stereocenters. The van der Waals surface area contributed by atoms with Gasteiger partial charge in [-0.05, 0) is 12.8 Å². The van der Waals surface area contributed by atoms with Crippen molar-refractivity contribution in [3.63, 3.8) is 0 Å². The molecule has 0 spiro atoms. The van der Waals surface area contributed by atoms with Gasteiger partial charge in [0.2, 0.25) is 0 Å². The molecule has 0 aromatic rings. The predicted molar refractivity (Wildman–Crippen MR) is 106 cm³/mol. The Morgan fingerprint density at radius 2 is 0.913 bits per heavy atom. The third-order valence-corrected chi connectivity index (χ3v) is 4.18. The van der Waals surface area contributed by atoms with Gasteiger partial charge >= 0.3 is 0 Å². The summed E-state index contributed by atoms with van der Waals surface area (Å²) in [7, 11) is 6.88. The van der Waals surface area contributed by atoms with Crippen LogP contribution in [0.25, 0.3) is 0 Å². The highest BCUT2D eigenvalue weighted by Gasteiger charge is 2.04. The fourth-order valence-electron chi connectivity index (χ4n) is 2.78. The average molecular weight is 343 g/mol. The quantitative estimate of drug-likeness (QED) is 0.153. The standard InChI is InChI=1S/C19H42N.CHNS/c1-5-6-7-8-9-10-11-12-13-14-15-16-17-18-19-20(2,3)4;2-1-3/h5-19H2,1-4H3;3H/q+1;/p-1. The van der Waals surface area contributed by atoms with E-state index >= 15 is 0 Å². The van der Waals surface area contributed by atoms with Crippen molar-refractivity contribution in [3.8, 4) is 5.40 Å². The van der Waals surface area contributed by atoms with Crippen LogP contribution in [0.2, 0.25) is 0 Å². The van der Waals surface area contributed by atoms with Gasteiger partial charge in [-0.3, -0.25) is 0 Å². The first kappa shape index (κ1) is 24.9. The summed E-state index contributed by atoms with van der Waals surface area (Å²) in [5, 5.41) is 8.47. The van der Waals surface area contributed by atoms with Crippen LogP contribution < -0.4 is 0 Å². The lowest BCUT2D eigenvalue weighted by molar-refractivity contribution is -0.870. The summed E-state index contributed by atoms with van der Waals surface area (Å²) in [5.41, 5.74) is 0. The molecule has 2 nitrogen and oxygen atoms in total. The van der Waals surface area contributed by atoms with Crippen LogP contribution in [-0.4, -0.2) is 32.2 Å². The van der Waals surface area contributed by atoms with Crippen LogP contribution in [0, 0.1) is 10.7 Å². The molecule has 0 radical (unpaired) electrons. The van der Waals surface area contributed by atoms with Gasteiger partial charge in [-0.1, -0.05) is 89.4 Å². The molecule has 0 heterocycles. The molecule has 0 aromatic heterocycles. The summed E-state index contributed by atoms with van der Waals surface area (Å²) in [5.74, 6) is 0. The highest BCUT2D eigenvalue weighted by molar-refractivity contribution is 7.64. The van der Waals surface area contributed by atoms with Crippen molar-refractivity contribution in [2.75, 3.05) is 27.7 Å². The Morgan fingerprint density at radius 3 is 1.17 bits per heavy atom. The average Bonchev–Trinajstić information content (AvgIpc) is 2.47. The molecule has 138 valence electrons. The lowest BCUT2D eigenvalue weighted by Crippen LogP contribution is -2.35. The van der Waals surface area contributed by atoms with E-state index in [4.69, 9.17) is 5.26 Å². The molecule has 0 aliphatic heterocycles. The Balaban J connectivity index is 0. The molecule has 0 saturated carbocycles. The molecule has 0 aliphatic carbocycles. The number of hydrogen-bond donors (Lipinski definition) is 0. The van der Waals surface area contributed by atoms with Crippen LogP contribution in [0.1, 0.15) is 96.8 Å². The van der Waals surface area contributed by atoms with E-state index < -0.39 is 0 Å². The number of thiocyanates is 1. The minimum atomic E-state index is 1.12. The van der Waals surface area contributed by atoms with Crippen molar-refractivity contribution >= 4 is 12.6 Å². The molecule has 0 aromatic carbocycles. The van der Waals surface area contributed by atoms with E-state index in [1.807, 2.05) is 0 Å². The van der Waals surface area contributed by atoms with Crippen molar-refractivity contribution in [1.82, 2.24) is 0 Å². The molecule has 0 aliphatic rings. The second kappa shape index (κ2) is 19.7. The van der Waals surface area contributed by atoms with Gasteiger partial charge in [0.25, 0.3) is 0 Å². The molecule has 0 rings (SSSR count). The Labute approximate surface area is 152 Å². The molecular formula is C20H42N2S. The maximum Gasteiger partial charge on any atom is 0.0780 e. The molecular weight excluding hydrogens is 300 g/mol. The van der Waals surface area contributed by atoms with Gasteiger partial charge in [-0.15, -0.1) is 0 Å². The van der Waals surface area contributed by atoms with E-state index in [0.29, 0.717) is 0 Å². The van der Waals surface area contributed by atoms with E-state index in [-0.39, 0.29) is 0 Å². The molecule has 0 amide bonds. The Morgan fingerprint density at radius 1 is 0.652 bits per heavy atom. The van der Waals surface area contributed by atoms with Crippen molar-refractivity contribution in [1.29, 1.82) is 5.26 Å². The summed E-state index contributed by atoms with van der Waals surface area (Å²) in [6.07, 6.45) is 20.4. The van der Waals surface area contributed by atoms with E-state index in [9.17, 15) is 0 Å². The number of nitriles is 1. The van der Waals surface area contributed by atoms with Gasteiger partial charge in [0.1, 0.15) is 0 Å². The SMILES string of the molecule is CCCCCCCCCCCCCCCC[N+](C)(C)C.N#C[S-]. The first-order valence-electron chi connectivity index (χ1n) is 9.79. The minimum absolute atomic E-state index is 1.12. The molecule has 0 atom stereocenters. The van der Waals surface area contributed by atoms with Crippen LogP contribution in [0.5, 0.6) is 0 Å². The van der Waals surface area contributed by atoms with Crippen LogP contribution >= 0.6 is 0 Å².